The monoisotopic (exact) mass is 165 g/mol. The summed E-state index contributed by atoms with van der Waals surface area (Å²) in [6.45, 7) is 4.67. The predicted octanol–water partition coefficient (Wildman–Crippen LogP) is 2.83. The summed E-state index contributed by atoms with van der Waals surface area (Å²) in [7, 11) is 0. The molecule has 0 amide bonds. The van der Waals surface area contributed by atoms with Gasteiger partial charge in [0.05, 0.1) is 0 Å². The lowest BCUT2D eigenvalue weighted by atomic mass is 9.83. The first-order valence-corrected chi connectivity index (χ1v) is 5.23. The van der Waals surface area contributed by atoms with Crippen molar-refractivity contribution in [3.05, 3.63) is 11.3 Å². The largest absolute Gasteiger partial charge is 0.386 e. The summed E-state index contributed by atoms with van der Waals surface area (Å²) >= 11 is 0. The van der Waals surface area contributed by atoms with Crippen LogP contribution in [-0.4, -0.2) is 6.04 Å². The van der Waals surface area contributed by atoms with Gasteiger partial charge in [-0.1, -0.05) is 12.5 Å². The van der Waals surface area contributed by atoms with E-state index in [4.69, 9.17) is 0 Å². The Morgan fingerprint density at radius 3 is 2.83 bits per heavy atom. The maximum absolute atomic E-state index is 3.62. The topological polar surface area (TPSA) is 12.0 Å². The van der Waals surface area contributed by atoms with Crippen molar-refractivity contribution in [1.82, 2.24) is 5.32 Å². The molecule has 0 spiro atoms. The Bertz CT molecular complexity index is 183. The first-order chi connectivity index (χ1) is 5.75. The minimum atomic E-state index is 0.720. The van der Waals surface area contributed by atoms with Crippen LogP contribution in [0.25, 0.3) is 0 Å². The Balaban J connectivity index is 2.11. The highest BCUT2D eigenvalue weighted by atomic mass is 14.9. The van der Waals surface area contributed by atoms with Crippen LogP contribution in [0.3, 0.4) is 0 Å². The highest BCUT2D eigenvalue weighted by Crippen LogP contribution is 2.33. The van der Waals surface area contributed by atoms with E-state index >= 15 is 0 Å². The van der Waals surface area contributed by atoms with E-state index in [1.165, 1.54) is 32.1 Å². The summed E-state index contributed by atoms with van der Waals surface area (Å²) < 4.78 is 0. The van der Waals surface area contributed by atoms with Crippen LogP contribution in [0, 0.1) is 5.92 Å². The third-order valence-corrected chi connectivity index (χ3v) is 3.21. The van der Waals surface area contributed by atoms with Crippen LogP contribution >= 0.6 is 0 Å². The van der Waals surface area contributed by atoms with E-state index in [9.17, 15) is 0 Å². The molecule has 0 aromatic carbocycles. The molecule has 0 saturated heterocycles. The summed E-state index contributed by atoms with van der Waals surface area (Å²) in [6, 6.07) is 0.720. The van der Waals surface area contributed by atoms with Crippen LogP contribution in [0.1, 0.15) is 46.0 Å². The quantitative estimate of drug-likeness (QED) is 0.582. The summed E-state index contributed by atoms with van der Waals surface area (Å²) in [5.41, 5.74) is 3.32. The fourth-order valence-corrected chi connectivity index (χ4v) is 2.40. The van der Waals surface area contributed by atoms with Crippen molar-refractivity contribution in [2.45, 2.75) is 52.0 Å². The molecule has 1 N–H and O–H groups in total. The molecular formula is C11H19N. The van der Waals surface area contributed by atoms with E-state index in [2.05, 4.69) is 19.2 Å². The molecule has 0 aromatic heterocycles. The van der Waals surface area contributed by atoms with Crippen LogP contribution in [0.5, 0.6) is 0 Å². The van der Waals surface area contributed by atoms with Crippen molar-refractivity contribution < 1.29 is 0 Å². The van der Waals surface area contributed by atoms with Crippen molar-refractivity contribution in [1.29, 1.82) is 0 Å². The zero-order chi connectivity index (χ0) is 8.55. The maximum atomic E-state index is 3.62. The molecule has 1 nitrogen and oxygen atoms in total. The molecule has 68 valence electrons. The second kappa shape index (κ2) is 3.12. The van der Waals surface area contributed by atoms with Gasteiger partial charge in [-0.25, -0.2) is 0 Å². The smallest absolute Gasteiger partial charge is 0.0233 e. The zero-order valence-electron chi connectivity index (χ0n) is 8.19. The van der Waals surface area contributed by atoms with Crippen molar-refractivity contribution in [2.24, 2.45) is 5.92 Å². The molecule has 1 aliphatic carbocycles. The number of hydrogen-bond donors (Lipinski definition) is 1. The number of rotatable bonds is 0. The first-order valence-electron chi connectivity index (χ1n) is 5.23. The second-order valence-corrected chi connectivity index (χ2v) is 4.51. The third-order valence-electron chi connectivity index (χ3n) is 3.21. The third kappa shape index (κ3) is 1.50. The molecule has 2 aliphatic rings. The van der Waals surface area contributed by atoms with Gasteiger partial charge in [0.2, 0.25) is 0 Å². The Labute approximate surface area is 75.2 Å². The Morgan fingerprint density at radius 1 is 1.17 bits per heavy atom. The SMILES string of the molecule is CC1CCC2=C(CC[C@H](C)C2)N1. The fraction of sp³-hybridized carbons (Fsp3) is 0.818. The van der Waals surface area contributed by atoms with Crippen LogP contribution in [-0.2, 0) is 0 Å². The van der Waals surface area contributed by atoms with Gasteiger partial charge < -0.3 is 5.32 Å². The summed E-state index contributed by atoms with van der Waals surface area (Å²) in [4.78, 5) is 0. The molecule has 12 heavy (non-hydrogen) atoms. The van der Waals surface area contributed by atoms with Gasteiger partial charge in [-0.05, 0) is 44.9 Å². The van der Waals surface area contributed by atoms with Crippen molar-refractivity contribution in [3.63, 3.8) is 0 Å². The Hall–Kier alpha value is -0.460. The molecule has 1 heterocycles. The lowest BCUT2D eigenvalue weighted by Gasteiger charge is -2.32. The number of hydrogen-bond acceptors (Lipinski definition) is 1. The van der Waals surface area contributed by atoms with Crippen molar-refractivity contribution >= 4 is 0 Å². The number of nitrogens with one attached hydrogen (secondary N) is 1. The molecular weight excluding hydrogens is 146 g/mol. The zero-order valence-corrected chi connectivity index (χ0v) is 8.19. The van der Waals surface area contributed by atoms with Gasteiger partial charge in [-0.3, -0.25) is 0 Å². The van der Waals surface area contributed by atoms with E-state index in [-0.39, 0.29) is 0 Å². The average molecular weight is 165 g/mol. The van der Waals surface area contributed by atoms with Gasteiger partial charge in [0.1, 0.15) is 0 Å². The summed E-state index contributed by atoms with van der Waals surface area (Å²) in [5.74, 6) is 0.930. The van der Waals surface area contributed by atoms with Gasteiger partial charge in [0.15, 0.2) is 0 Å². The van der Waals surface area contributed by atoms with Gasteiger partial charge in [0, 0.05) is 11.7 Å². The Kier molecular flexibility index (Phi) is 2.12. The standard InChI is InChI=1S/C11H19N/c1-8-3-6-11-10(7-8)5-4-9(2)12-11/h8-9,12H,3-7H2,1-2H3/t8-,9?/m0/s1. The van der Waals surface area contributed by atoms with E-state index in [1.807, 2.05) is 0 Å². The van der Waals surface area contributed by atoms with Crippen LogP contribution < -0.4 is 5.32 Å². The minimum Gasteiger partial charge on any atom is -0.386 e. The van der Waals surface area contributed by atoms with Crippen molar-refractivity contribution in [2.75, 3.05) is 0 Å². The normalized spacial score (nSPS) is 35.8. The Morgan fingerprint density at radius 2 is 2.00 bits per heavy atom. The number of allylic oxidation sites excluding steroid dienone is 2. The van der Waals surface area contributed by atoms with E-state index in [0.29, 0.717) is 0 Å². The predicted molar refractivity (Wildman–Crippen MR) is 51.9 cm³/mol. The molecule has 1 aliphatic heterocycles. The minimum absolute atomic E-state index is 0.720. The van der Waals surface area contributed by atoms with Crippen LogP contribution in [0.15, 0.2) is 11.3 Å². The maximum Gasteiger partial charge on any atom is 0.0233 e. The molecule has 0 fully saturated rings. The highest BCUT2D eigenvalue weighted by molar-refractivity contribution is 5.19. The first kappa shape index (κ1) is 8.15. The fourth-order valence-electron chi connectivity index (χ4n) is 2.40. The summed E-state index contributed by atoms with van der Waals surface area (Å²) in [5, 5.41) is 3.62. The second-order valence-electron chi connectivity index (χ2n) is 4.51. The van der Waals surface area contributed by atoms with Gasteiger partial charge >= 0.3 is 0 Å². The molecule has 0 saturated carbocycles. The van der Waals surface area contributed by atoms with E-state index in [0.717, 1.165) is 12.0 Å². The molecule has 0 aromatic rings. The van der Waals surface area contributed by atoms with Gasteiger partial charge in [-0.15, -0.1) is 0 Å². The molecule has 1 heteroatoms. The molecule has 1 unspecified atom stereocenters. The van der Waals surface area contributed by atoms with E-state index in [1.54, 1.807) is 11.3 Å². The molecule has 0 radical (unpaired) electrons. The molecule has 0 bridgehead atoms. The average Bonchev–Trinajstić information content (AvgIpc) is 2.05. The van der Waals surface area contributed by atoms with E-state index < -0.39 is 0 Å². The lowest BCUT2D eigenvalue weighted by molar-refractivity contribution is 0.413. The van der Waals surface area contributed by atoms with Gasteiger partial charge in [-0.2, -0.15) is 0 Å². The van der Waals surface area contributed by atoms with Gasteiger partial charge in [0.25, 0.3) is 0 Å². The molecule has 2 atom stereocenters. The van der Waals surface area contributed by atoms with Crippen molar-refractivity contribution in [3.8, 4) is 0 Å². The van der Waals surface area contributed by atoms with Crippen LogP contribution in [0.4, 0.5) is 0 Å². The lowest BCUT2D eigenvalue weighted by Crippen LogP contribution is -2.32. The highest BCUT2D eigenvalue weighted by Gasteiger charge is 2.22. The van der Waals surface area contributed by atoms with Crippen LogP contribution in [0.2, 0.25) is 0 Å². The molecule has 2 rings (SSSR count). The summed E-state index contributed by atoms with van der Waals surface area (Å²) in [6.07, 6.45) is 6.74.